The maximum Gasteiger partial charge on any atom is 0.248 e. The van der Waals surface area contributed by atoms with Gasteiger partial charge >= 0.3 is 0 Å². The van der Waals surface area contributed by atoms with Gasteiger partial charge in [0.1, 0.15) is 12.4 Å². The molecule has 112 valence electrons. The van der Waals surface area contributed by atoms with Crippen LogP contribution in [0.3, 0.4) is 0 Å². The zero-order valence-corrected chi connectivity index (χ0v) is 12.9. The number of aromatic amines is 1. The molecular formula is C14H14Cl2N2O3. The summed E-state index contributed by atoms with van der Waals surface area (Å²) in [5, 5.41) is 10.7. The molecule has 1 aliphatic rings. The van der Waals surface area contributed by atoms with Crippen LogP contribution in [0.5, 0.6) is 5.75 Å². The van der Waals surface area contributed by atoms with Gasteiger partial charge in [0.15, 0.2) is 0 Å². The summed E-state index contributed by atoms with van der Waals surface area (Å²) >= 11 is 12.4. The van der Waals surface area contributed by atoms with Crippen LogP contribution in [0.15, 0.2) is 6.07 Å². The number of ether oxygens (including phenoxy) is 1. The molecule has 2 heterocycles. The first-order valence-electron chi connectivity index (χ1n) is 6.50. The molecule has 0 aliphatic carbocycles. The Morgan fingerprint density at radius 1 is 1.52 bits per heavy atom. The Labute approximate surface area is 131 Å². The first-order chi connectivity index (χ1) is 10.1. The average molecular weight is 329 g/mol. The fourth-order valence-electron chi connectivity index (χ4n) is 2.78. The van der Waals surface area contributed by atoms with Gasteiger partial charge in [-0.25, -0.2) is 0 Å². The van der Waals surface area contributed by atoms with Crippen molar-refractivity contribution in [3.63, 3.8) is 0 Å². The molecule has 0 radical (unpaired) electrons. The maximum absolute atomic E-state index is 11.7. The van der Waals surface area contributed by atoms with E-state index in [9.17, 15) is 4.79 Å². The monoisotopic (exact) mass is 328 g/mol. The molecule has 21 heavy (non-hydrogen) atoms. The highest BCUT2D eigenvalue weighted by molar-refractivity contribution is 6.45. The van der Waals surface area contributed by atoms with Crippen LogP contribution in [-0.2, 0) is 17.8 Å². The van der Waals surface area contributed by atoms with Crippen molar-refractivity contribution in [3.05, 3.63) is 27.4 Å². The largest absolute Gasteiger partial charge is 0.496 e. The lowest BCUT2D eigenvalue weighted by Gasteiger charge is -2.26. The minimum atomic E-state index is -0.485. The number of H-pyrrole nitrogens is 1. The Balaban J connectivity index is 2.18. The first-order valence-corrected chi connectivity index (χ1v) is 7.26. The average Bonchev–Trinajstić information content (AvgIpc) is 2.89. The highest BCUT2D eigenvalue weighted by Gasteiger charge is 2.26. The predicted molar refractivity (Wildman–Crippen MR) is 81.1 cm³/mol. The summed E-state index contributed by atoms with van der Waals surface area (Å²) in [5.74, 6) is 0.337. The SMILES string of the molecule is COc1cc(Cl)c(Cl)c2[nH]c3c(c12)CN(C(=O)CO)CC3. The van der Waals surface area contributed by atoms with E-state index in [4.69, 9.17) is 33.0 Å². The molecule has 1 aromatic carbocycles. The lowest BCUT2D eigenvalue weighted by Crippen LogP contribution is -2.37. The molecule has 1 aliphatic heterocycles. The minimum Gasteiger partial charge on any atom is -0.496 e. The summed E-state index contributed by atoms with van der Waals surface area (Å²) in [6, 6.07) is 1.67. The molecule has 0 spiro atoms. The molecule has 1 aromatic heterocycles. The Bertz CT molecular complexity index is 727. The minimum absolute atomic E-state index is 0.283. The second-order valence-electron chi connectivity index (χ2n) is 4.93. The summed E-state index contributed by atoms with van der Waals surface area (Å²) in [5.41, 5.74) is 2.72. The number of aromatic nitrogens is 1. The van der Waals surface area contributed by atoms with Crippen LogP contribution >= 0.6 is 23.2 Å². The molecule has 3 rings (SSSR count). The smallest absolute Gasteiger partial charge is 0.248 e. The zero-order chi connectivity index (χ0) is 15.1. The van der Waals surface area contributed by atoms with Gasteiger partial charge < -0.3 is 19.7 Å². The summed E-state index contributed by atoms with van der Waals surface area (Å²) in [6.45, 7) is 0.497. The number of carbonyl (C=O) groups excluding carboxylic acids is 1. The maximum atomic E-state index is 11.7. The van der Waals surface area contributed by atoms with Crippen molar-refractivity contribution in [1.29, 1.82) is 0 Å². The third-order valence-corrected chi connectivity index (χ3v) is 4.60. The number of fused-ring (bicyclic) bond motifs is 3. The van der Waals surface area contributed by atoms with E-state index < -0.39 is 6.61 Å². The molecule has 0 fully saturated rings. The van der Waals surface area contributed by atoms with E-state index in [1.807, 2.05) is 0 Å². The summed E-state index contributed by atoms with van der Waals surface area (Å²) in [4.78, 5) is 16.6. The lowest BCUT2D eigenvalue weighted by molar-refractivity contribution is -0.135. The number of methoxy groups -OCH3 is 1. The molecule has 0 unspecified atom stereocenters. The summed E-state index contributed by atoms with van der Waals surface area (Å²) in [7, 11) is 1.57. The van der Waals surface area contributed by atoms with Crippen molar-refractivity contribution >= 4 is 40.0 Å². The number of benzene rings is 1. The van der Waals surface area contributed by atoms with E-state index in [1.54, 1.807) is 18.1 Å². The number of carbonyl (C=O) groups is 1. The van der Waals surface area contributed by atoms with Gasteiger partial charge in [-0.2, -0.15) is 0 Å². The van der Waals surface area contributed by atoms with Crippen LogP contribution in [-0.4, -0.2) is 41.2 Å². The normalized spacial score (nSPS) is 14.4. The molecule has 0 saturated carbocycles. The number of hydrogen-bond acceptors (Lipinski definition) is 3. The van der Waals surface area contributed by atoms with Gasteiger partial charge in [-0.05, 0) is 0 Å². The van der Waals surface area contributed by atoms with Crippen LogP contribution in [0.1, 0.15) is 11.3 Å². The van der Waals surface area contributed by atoms with Gasteiger partial charge in [-0.1, -0.05) is 23.2 Å². The number of halogens is 2. The van der Waals surface area contributed by atoms with Crippen molar-refractivity contribution in [2.75, 3.05) is 20.3 Å². The van der Waals surface area contributed by atoms with Gasteiger partial charge in [-0.15, -0.1) is 0 Å². The third kappa shape index (κ3) is 2.25. The number of aliphatic hydroxyl groups is 1. The molecule has 7 heteroatoms. The Morgan fingerprint density at radius 3 is 2.95 bits per heavy atom. The van der Waals surface area contributed by atoms with Crippen molar-refractivity contribution in [3.8, 4) is 5.75 Å². The molecule has 0 saturated heterocycles. The standard InChI is InChI=1S/C14H14Cl2N2O3/c1-21-10-4-8(15)13(16)14-12(10)7-5-18(11(20)6-19)3-2-9(7)17-14/h4,17,19H,2-3,5-6H2,1H3. The number of nitrogens with one attached hydrogen (secondary N) is 1. The molecular weight excluding hydrogens is 315 g/mol. The van der Waals surface area contributed by atoms with Crippen LogP contribution < -0.4 is 4.74 Å². The fraction of sp³-hybridized carbons (Fsp3) is 0.357. The fourth-order valence-corrected chi connectivity index (χ4v) is 3.17. The first kappa shape index (κ1) is 14.5. The van der Waals surface area contributed by atoms with E-state index in [2.05, 4.69) is 4.98 Å². The van der Waals surface area contributed by atoms with Gasteiger partial charge in [0.2, 0.25) is 5.91 Å². The van der Waals surface area contributed by atoms with Gasteiger partial charge in [0.05, 0.1) is 22.7 Å². The third-order valence-electron chi connectivity index (χ3n) is 3.81. The molecule has 2 N–H and O–H groups in total. The van der Waals surface area contributed by atoms with Crippen molar-refractivity contribution < 1.29 is 14.6 Å². The number of nitrogens with zero attached hydrogens (tertiary/aromatic N) is 1. The zero-order valence-electron chi connectivity index (χ0n) is 11.4. The number of hydrogen-bond donors (Lipinski definition) is 2. The molecule has 1 amide bonds. The molecule has 0 atom stereocenters. The summed E-state index contributed by atoms with van der Waals surface area (Å²) < 4.78 is 5.39. The van der Waals surface area contributed by atoms with E-state index in [0.29, 0.717) is 35.3 Å². The van der Waals surface area contributed by atoms with Crippen molar-refractivity contribution in [2.24, 2.45) is 0 Å². The van der Waals surface area contributed by atoms with Gasteiger partial charge in [0.25, 0.3) is 0 Å². The number of amides is 1. The van der Waals surface area contributed by atoms with Crippen molar-refractivity contribution in [1.82, 2.24) is 9.88 Å². The van der Waals surface area contributed by atoms with E-state index in [-0.39, 0.29) is 5.91 Å². The lowest BCUT2D eigenvalue weighted by atomic mass is 10.0. The molecule has 2 aromatic rings. The Morgan fingerprint density at radius 2 is 2.29 bits per heavy atom. The van der Waals surface area contributed by atoms with E-state index in [0.717, 1.165) is 22.2 Å². The Hall–Kier alpha value is -1.43. The topological polar surface area (TPSA) is 65.6 Å². The van der Waals surface area contributed by atoms with Crippen LogP contribution in [0.25, 0.3) is 10.9 Å². The molecule has 5 nitrogen and oxygen atoms in total. The van der Waals surface area contributed by atoms with Gasteiger partial charge in [0, 0.05) is 42.2 Å². The van der Waals surface area contributed by atoms with E-state index >= 15 is 0 Å². The summed E-state index contributed by atoms with van der Waals surface area (Å²) in [6.07, 6.45) is 0.673. The van der Waals surface area contributed by atoms with Crippen LogP contribution in [0, 0.1) is 0 Å². The van der Waals surface area contributed by atoms with Crippen LogP contribution in [0.2, 0.25) is 10.0 Å². The quantitative estimate of drug-likeness (QED) is 0.889. The Kier molecular flexibility index (Phi) is 3.73. The second kappa shape index (κ2) is 5.40. The molecule has 0 bridgehead atoms. The second-order valence-corrected chi connectivity index (χ2v) is 5.72. The predicted octanol–water partition coefficient (Wildman–Crippen LogP) is 2.36. The highest BCUT2D eigenvalue weighted by atomic mass is 35.5. The highest BCUT2D eigenvalue weighted by Crippen LogP contribution is 2.41. The van der Waals surface area contributed by atoms with Crippen molar-refractivity contribution in [2.45, 2.75) is 13.0 Å². The van der Waals surface area contributed by atoms with E-state index in [1.165, 1.54) is 0 Å². The van der Waals surface area contributed by atoms with Gasteiger partial charge in [-0.3, -0.25) is 4.79 Å². The number of aliphatic hydroxyl groups excluding tert-OH is 1. The van der Waals surface area contributed by atoms with Crippen LogP contribution in [0.4, 0.5) is 0 Å². The number of rotatable bonds is 2.